The number of hydrogen-bond donors (Lipinski definition) is 2. The summed E-state index contributed by atoms with van der Waals surface area (Å²) in [5.74, 6) is 1.59. The molecule has 0 spiro atoms. The number of guanidine groups is 1. The van der Waals surface area contributed by atoms with E-state index in [1.54, 1.807) is 0 Å². The van der Waals surface area contributed by atoms with Crippen molar-refractivity contribution in [2.75, 3.05) is 52.5 Å². The van der Waals surface area contributed by atoms with Crippen LogP contribution in [-0.2, 0) is 4.74 Å². The molecule has 0 atom stereocenters. The second kappa shape index (κ2) is 14.1. The first-order valence-corrected chi connectivity index (χ1v) is 8.46. The molecule has 0 radical (unpaired) electrons. The van der Waals surface area contributed by atoms with Crippen LogP contribution in [0.1, 0.15) is 41.0 Å². The minimum atomic E-state index is 0.705. The van der Waals surface area contributed by atoms with Crippen molar-refractivity contribution in [1.29, 1.82) is 0 Å². The lowest BCUT2D eigenvalue weighted by Gasteiger charge is -2.17. The highest BCUT2D eigenvalue weighted by Gasteiger charge is 2.00. The molecule has 0 fully saturated rings. The molecule has 0 aromatic heterocycles. The van der Waals surface area contributed by atoms with Crippen LogP contribution in [0.25, 0.3) is 0 Å². The summed E-state index contributed by atoms with van der Waals surface area (Å²) in [5.41, 5.74) is 0. The molecule has 0 aromatic carbocycles. The Bertz CT molecular complexity index is 253. The van der Waals surface area contributed by atoms with Crippen molar-refractivity contribution in [3.63, 3.8) is 0 Å². The van der Waals surface area contributed by atoms with E-state index >= 15 is 0 Å². The topological polar surface area (TPSA) is 48.9 Å². The minimum absolute atomic E-state index is 0.705. The molecule has 5 nitrogen and oxygen atoms in total. The smallest absolute Gasteiger partial charge is 0.191 e. The number of aliphatic imine (C=N–C) groups is 1. The molecule has 0 unspecified atom stereocenters. The van der Waals surface area contributed by atoms with E-state index < -0.39 is 0 Å². The van der Waals surface area contributed by atoms with Gasteiger partial charge in [0.15, 0.2) is 5.96 Å². The highest BCUT2D eigenvalue weighted by atomic mass is 16.5. The zero-order valence-electron chi connectivity index (χ0n) is 14.7. The SMILES string of the molecule is CCNC(=NCCN(CC)CC)NCCOCCC(C)C. The van der Waals surface area contributed by atoms with E-state index in [9.17, 15) is 0 Å². The van der Waals surface area contributed by atoms with Gasteiger partial charge in [-0.15, -0.1) is 0 Å². The lowest BCUT2D eigenvalue weighted by Crippen LogP contribution is -2.39. The number of nitrogens with one attached hydrogen (secondary N) is 2. The van der Waals surface area contributed by atoms with Gasteiger partial charge < -0.3 is 20.3 Å². The maximum absolute atomic E-state index is 5.60. The fraction of sp³-hybridized carbons (Fsp3) is 0.938. The minimum Gasteiger partial charge on any atom is -0.380 e. The molecular weight excluding hydrogens is 264 g/mol. The largest absolute Gasteiger partial charge is 0.380 e. The quantitative estimate of drug-likeness (QED) is 0.328. The normalized spacial score (nSPS) is 12.2. The summed E-state index contributed by atoms with van der Waals surface area (Å²) in [6, 6.07) is 0. The van der Waals surface area contributed by atoms with Crippen molar-refractivity contribution < 1.29 is 4.74 Å². The van der Waals surface area contributed by atoms with Crippen LogP contribution < -0.4 is 10.6 Å². The van der Waals surface area contributed by atoms with E-state index in [2.05, 4.69) is 55.1 Å². The molecule has 2 N–H and O–H groups in total. The fourth-order valence-electron chi connectivity index (χ4n) is 1.85. The van der Waals surface area contributed by atoms with Crippen molar-refractivity contribution in [2.45, 2.75) is 41.0 Å². The summed E-state index contributed by atoms with van der Waals surface area (Å²) < 4.78 is 5.60. The van der Waals surface area contributed by atoms with Crippen molar-refractivity contribution in [3.05, 3.63) is 0 Å². The highest BCUT2D eigenvalue weighted by Crippen LogP contribution is 1.98. The van der Waals surface area contributed by atoms with Crippen LogP contribution in [0.2, 0.25) is 0 Å². The maximum Gasteiger partial charge on any atom is 0.191 e. The van der Waals surface area contributed by atoms with Gasteiger partial charge in [-0.1, -0.05) is 27.7 Å². The summed E-state index contributed by atoms with van der Waals surface area (Å²) in [6.07, 6.45) is 1.12. The Kier molecular flexibility index (Phi) is 13.6. The molecule has 0 aliphatic carbocycles. The molecule has 0 heterocycles. The van der Waals surface area contributed by atoms with Gasteiger partial charge in [-0.25, -0.2) is 0 Å². The standard InChI is InChI=1S/C16H36N4O/c1-6-17-16(18-10-12-20(7-2)8-3)19-11-14-21-13-9-15(4)5/h15H,6-14H2,1-5H3,(H2,17,18,19). The predicted molar refractivity (Wildman–Crippen MR) is 92.0 cm³/mol. The first-order chi connectivity index (χ1) is 10.1. The molecule has 0 aromatic rings. The summed E-state index contributed by atoms with van der Waals surface area (Å²) >= 11 is 0. The lowest BCUT2D eigenvalue weighted by atomic mass is 10.1. The number of hydrogen-bond acceptors (Lipinski definition) is 3. The van der Waals surface area contributed by atoms with Crippen molar-refractivity contribution in [3.8, 4) is 0 Å². The molecule has 0 aliphatic rings. The third-order valence-electron chi connectivity index (χ3n) is 3.30. The van der Waals surface area contributed by atoms with Gasteiger partial charge in [0.1, 0.15) is 0 Å². The average molecular weight is 300 g/mol. The second-order valence-electron chi connectivity index (χ2n) is 5.51. The molecule has 126 valence electrons. The van der Waals surface area contributed by atoms with Gasteiger partial charge in [0.25, 0.3) is 0 Å². The van der Waals surface area contributed by atoms with Gasteiger partial charge in [0.05, 0.1) is 13.2 Å². The molecule has 21 heavy (non-hydrogen) atoms. The Morgan fingerprint density at radius 2 is 1.81 bits per heavy atom. The van der Waals surface area contributed by atoms with Crippen molar-refractivity contribution >= 4 is 5.96 Å². The van der Waals surface area contributed by atoms with Gasteiger partial charge in [0.2, 0.25) is 0 Å². The second-order valence-corrected chi connectivity index (χ2v) is 5.51. The summed E-state index contributed by atoms with van der Waals surface area (Å²) in [5, 5.41) is 6.58. The predicted octanol–water partition coefficient (Wildman–Crippen LogP) is 1.95. The lowest BCUT2D eigenvalue weighted by molar-refractivity contribution is 0.128. The molecule has 0 amide bonds. The van der Waals surface area contributed by atoms with E-state index in [0.717, 1.165) is 64.9 Å². The van der Waals surface area contributed by atoms with Crippen LogP contribution in [0.5, 0.6) is 0 Å². The van der Waals surface area contributed by atoms with Gasteiger partial charge >= 0.3 is 0 Å². The zero-order valence-corrected chi connectivity index (χ0v) is 14.7. The fourth-order valence-corrected chi connectivity index (χ4v) is 1.85. The Morgan fingerprint density at radius 1 is 1.10 bits per heavy atom. The Balaban J connectivity index is 3.84. The first-order valence-electron chi connectivity index (χ1n) is 8.46. The van der Waals surface area contributed by atoms with Gasteiger partial charge in [0, 0.05) is 26.2 Å². The Hall–Kier alpha value is -0.810. The molecule has 0 bridgehead atoms. The van der Waals surface area contributed by atoms with E-state index in [1.807, 2.05) is 0 Å². The van der Waals surface area contributed by atoms with E-state index in [-0.39, 0.29) is 0 Å². The van der Waals surface area contributed by atoms with E-state index in [1.165, 1.54) is 0 Å². The number of ether oxygens (including phenoxy) is 1. The Morgan fingerprint density at radius 3 is 2.38 bits per heavy atom. The van der Waals surface area contributed by atoms with Gasteiger partial charge in [-0.2, -0.15) is 0 Å². The number of likely N-dealkylation sites (N-methyl/N-ethyl adjacent to an activating group) is 1. The van der Waals surface area contributed by atoms with Crippen LogP contribution in [0.15, 0.2) is 4.99 Å². The van der Waals surface area contributed by atoms with Crippen LogP contribution >= 0.6 is 0 Å². The average Bonchev–Trinajstić information content (AvgIpc) is 2.46. The first kappa shape index (κ1) is 20.2. The summed E-state index contributed by atoms with van der Waals surface area (Å²) in [6.45, 7) is 18.1. The van der Waals surface area contributed by atoms with Crippen molar-refractivity contribution in [2.24, 2.45) is 10.9 Å². The molecule has 0 saturated heterocycles. The molecule has 0 aliphatic heterocycles. The molecule has 5 heteroatoms. The van der Waals surface area contributed by atoms with Gasteiger partial charge in [-0.05, 0) is 32.4 Å². The van der Waals surface area contributed by atoms with E-state index in [0.29, 0.717) is 5.92 Å². The highest BCUT2D eigenvalue weighted by molar-refractivity contribution is 5.79. The van der Waals surface area contributed by atoms with Crippen LogP contribution in [-0.4, -0.2) is 63.3 Å². The zero-order chi connectivity index (χ0) is 15.9. The van der Waals surface area contributed by atoms with Gasteiger partial charge in [-0.3, -0.25) is 4.99 Å². The summed E-state index contributed by atoms with van der Waals surface area (Å²) in [7, 11) is 0. The van der Waals surface area contributed by atoms with E-state index in [4.69, 9.17) is 4.74 Å². The van der Waals surface area contributed by atoms with Crippen LogP contribution in [0.3, 0.4) is 0 Å². The third-order valence-corrected chi connectivity index (χ3v) is 3.30. The third kappa shape index (κ3) is 12.6. The molecule has 0 saturated carbocycles. The number of nitrogens with zero attached hydrogens (tertiary/aromatic N) is 2. The van der Waals surface area contributed by atoms with Crippen molar-refractivity contribution in [1.82, 2.24) is 15.5 Å². The van der Waals surface area contributed by atoms with Crippen LogP contribution in [0, 0.1) is 5.92 Å². The molecular formula is C16H36N4O. The van der Waals surface area contributed by atoms with Crippen LogP contribution in [0.4, 0.5) is 0 Å². The Labute approximate surface area is 131 Å². The monoisotopic (exact) mass is 300 g/mol. The summed E-state index contributed by atoms with van der Waals surface area (Å²) in [4.78, 5) is 6.97. The maximum atomic E-state index is 5.60. The number of rotatable bonds is 12. The molecule has 0 rings (SSSR count).